The second kappa shape index (κ2) is 10.1. The van der Waals surface area contributed by atoms with E-state index < -0.39 is 0 Å². The van der Waals surface area contributed by atoms with E-state index >= 15 is 0 Å². The maximum absolute atomic E-state index is 6.40. The number of anilines is 3. The van der Waals surface area contributed by atoms with E-state index in [2.05, 4.69) is 144 Å². The molecule has 0 spiro atoms. The highest BCUT2D eigenvalue weighted by molar-refractivity contribution is 6.28. The van der Waals surface area contributed by atoms with Gasteiger partial charge in [0.05, 0.1) is 5.69 Å². The van der Waals surface area contributed by atoms with E-state index in [1.54, 1.807) is 0 Å². The Bertz CT molecular complexity index is 2810. The fraction of sp³-hybridized carbons (Fsp3) is 0. The van der Waals surface area contributed by atoms with E-state index in [4.69, 9.17) is 8.83 Å². The molecule has 3 heteroatoms. The van der Waals surface area contributed by atoms with Crippen LogP contribution in [0.5, 0.6) is 0 Å². The number of hydrogen-bond acceptors (Lipinski definition) is 3. The molecule has 10 aromatic rings. The molecule has 2 heterocycles. The SMILES string of the molecule is c1ccc(-c2cccc(N(c3ccc4c(c3)oc3ccccc34)c3cccc4c3ccc3ccc5oc6ccccc6c5c34)c2)cc1. The molecule has 47 heavy (non-hydrogen) atoms. The molecule has 3 nitrogen and oxygen atoms in total. The third-order valence-corrected chi connectivity index (χ3v) is 9.43. The summed E-state index contributed by atoms with van der Waals surface area (Å²) in [6, 6.07) is 57.9. The van der Waals surface area contributed by atoms with Gasteiger partial charge in [0.2, 0.25) is 0 Å². The van der Waals surface area contributed by atoms with Crippen LogP contribution in [0.25, 0.3) is 76.5 Å². The summed E-state index contributed by atoms with van der Waals surface area (Å²) in [7, 11) is 0. The zero-order valence-corrected chi connectivity index (χ0v) is 25.4. The first-order valence-corrected chi connectivity index (χ1v) is 15.9. The Kier molecular flexibility index (Phi) is 5.57. The van der Waals surface area contributed by atoms with Crippen LogP contribution in [0.3, 0.4) is 0 Å². The average Bonchev–Trinajstić information content (AvgIpc) is 3.70. The van der Waals surface area contributed by atoms with Crippen molar-refractivity contribution in [2.75, 3.05) is 4.90 Å². The Hall–Kier alpha value is -6.32. The van der Waals surface area contributed by atoms with Crippen molar-refractivity contribution < 1.29 is 8.83 Å². The minimum atomic E-state index is 0.866. The molecule has 0 saturated heterocycles. The largest absolute Gasteiger partial charge is 0.456 e. The topological polar surface area (TPSA) is 29.5 Å². The van der Waals surface area contributed by atoms with Crippen molar-refractivity contribution in [3.8, 4) is 11.1 Å². The fourth-order valence-corrected chi connectivity index (χ4v) is 7.31. The van der Waals surface area contributed by atoms with Gasteiger partial charge in [0.1, 0.15) is 22.3 Å². The molecule has 0 radical (unpaired) electrons. The Morgan fingerprint density at radius 2 is 0.979 bits per heavy atom. The minimum Gasteiger partial charge on any atom is -0.456 e. The van der Waals surface area contributed by atoms with Gasteiger partial charge in [0.25, 0.3) is 0 Å². The van der Waals surface area contributed by atoms with Crippen molar-refractivity contribution in [1.82, 2.24) is 0 Å². The van der Waals surface area contributed by atoms with Crippen molar-refractivity contribution in [2.24, 2.45) is 0 Å². The molecule has 0 amide bonds. The summed E-state index contributed by atoms with van der Waals surface area (Å²) in [4.78, 5) is 2.36. The van der Waals surface area contributed by atoms with E-state index in [0.717, 1.165) is 71.9 Å². The molecule has 0 bridgehead atoms. The monoisotopic (exact) mass is 601 g/mol. The second-order valence-corrected chi connectivity index (χ2v) is 12.1. The Morgan fingerprint density at radius 1 is 0.340 bits per heavy atom. The molecular formula is C44H27NO2. The van der Waals surface area contributed by atoms with E-state index in [9.17, 15) is 0 Å². The van der Waals surface area contributed by atoms with Gasteiger partial charge in [-0.25, -0.2) is 0 Å². The third-order valence-electron chi connectivity index (χ3n) is 9.43. The Labute approximate surface area is 270 Å². The molecule has 0 aliphatic heterocycles. The van der Waals surface area contributed by atoms with Gasteiger partial charge in [-0.05, 0) is 70.4 Å². The first kappa shape index (κ1) is 26.0. The number of hydrogen-bond donors (Lipinski definition) is 0. The summed E-state index contributed by atoms with van der Waals surface area (Å²) in [5.41, 5.74) is 9.10. The Balaban J connectivity index is 1.27. The molecule has 0 fully saturated rings. The van der Waals surface area contributed by atoms with Crippen LogP contribution in [0.4, 0.5) is 17.1 Å². The normalized spacial score (nSPS) is 11.8. The van der Waals surface area contributed by atoms with E-state index in [0.29, 0.717) is 0 Å². The molecule has 220 valence electrons. The molecule has 0 unspecified atom stereocenters. The van der Waals surface area contributed by atoms with Gasteiger partial charge in [0.15, 0.2) is 0 Å². The molecular weight excluding hydrogens is 574 g/mol. The molecule has 2 aromatic heterocycles. The van der Waals surface area contributed by atoms with Gasteiger partial charge in [-0.2, -0.15) is 0 Å². The van der Waals surface area contributed by atoms with E-state index in [1.807, 2.05) is 24.3 Å². The first-order valence-electron chi connectivity index (χ1n) is 15.9. The number of fused-ring (bicyclic) bond motifs is 10. The quantitative estimate of drug-likeness (QED) is 0.188. The minimum absolute atomic E-state index is 0.866. The van der Waals surface area contributed by atoms with Crippen LogP contribution in [0.15, 0.2) is 173 Å². The molecule has 0 N–H and O–H groups in total. The maximum Gasteiger partial charge on any atom is 0.137 e. The predicted octanol–water partition coefficient (Wildman–Crippen LogP) is 12.9. The summed E-state index contributed by atoms with van der Waals surface area (Å²) in [6.07, 6.45) is 0. The molecule has 0 aliphatic carbocycles. The van der Waals surface area contributed by atoms with Crippen molar-refractivity contribution in [1.29, 1.82) is 0 Å². The molecule has 8 aromatic carbocycles. The molecule has 0 saturated carbocycles. The van der Waals surface area contributed by atoms with Crippen LogP contribution in [-0.2, 0) is 0 Å². The standard InChI is InChI=1S/C44H27NO2/c1-2-10-28(11-3-1)30-12-8-13-31(26-30)45(32-22-24-35-34-14-4-6-18-39(34)47-42(35)27-32)38-17-9-16-36-33(38)23-20-29-21-25-41-44(43(29)36)37-15-5-7-19-40(37)46-41/h1-27H. The number of nitrogens with zero attached hydrogens (tertiary/aromatic N) is 1. The lowest BCUT2D eigenvalue weighted by atomic mass is 9.96. The van der Waals surface area contributed by atoms with E-state index in [1.165, 1.54) is 21.7 Å². The summed E-state index contributed by atoms with van der Waals surface area (Å²) in [5, 5.41) is 9.27. The highest BCUT2D eigenvalue weighted by Crippen LogP contribution is 2.45. The summed E-state index contributed by atoms with van der Waals surface area (Å²) in [6.45, 7) is 0. The van der Waals surface area contributed by atoms with Gasteiger partial charge in [-0.3, -0.25) is 0 Å². The van der Waals surface area contributed by atoms with Crippen LogP contribution in [0, 0.1) is 0 Å². The van der Waals surface area contributed by atoms with Crippen molar-refractivity contribution in [3.63, 3.8) is 0 Å². The van der Waals surface area contributed by atoms with Crippen molar-refractivity contribution in [2.45, 2.75) is 0 Å². The highest BCUT2D eigenvalue weighted by atomic mass is 16.3. The zero-order valence-electron chi connectivity index (χ0n) is 25.4. The fourth-order valence-electron chi connectivity index (χ4n) is 7.31. The molecule has 10 rings (SSSR count). The lowest BCUT2D eigenvalue weighted by Crippen LogP contribution is -2.10. The lowest BCUT2D eigenvalue weighted by molar-refractivity contribution is 0.668. The lowest BCUT2D eigenvalue weighted by Gasteiger charge is -2.27. The molecule has 0 atom stereocenters. The Morgan fingerprint density at radius 3 is 1.87 bits per heavy atom. The van der Waals surface area contributed by atoms with Gasteiger partial charge in [0, 0.05) is 49.8 Å². The van der Waals surface area contributed by atoms with Gasteiger partial charge in [-0.1, -0.05) is 109 Å². The summed E-state index contributed by atoms with van der Waals surface area (Å²) < 4.78 is 12.7. The van der Waals surface area contributed by atoms with Crippen LogP contribution in [0.2, 0.25) is 0 Å². The molecule has 0 aliphatic rings. The summed E-state index contributed by atoms with van der Waals surface area (Å²) in [5.74, 6) is 0. The summed E-state index contributed by atoms with van der Waals surface area (Å²) >= 11 is 0. The highest BCUT2D eigenvalue weighted by Gasteiger charge is 2.20. The smallest absolute Gasteiger partial charge is 0.137 e. The van der Waals surface area contributed by atoms with Crippen LogP contribution in [-0.4, -0.2) is 0 Å². The van der Waals surface area contributed by atoms with Crippen LogP contribution in [0.1, 0.15) is 0 Å². The van der Waals surface area contributed by atoms with Crippen LogP contribution < -0.4 is 4.90 Å². The van der Waals surface area contributed by atoms with E-state index in [-0.39, 0.29) is 0 Å². The second-order valence-electron chi connectivity index (χ2n) is 12.1. The number of rotatable bonds is 4. The van der Waals surface area contributed by atoms with Gasteiger partial charge >= 0.3 is 0 Å². The maximum atomic E-state index is 6.40. The van der Waals surface area contributed by atoms with Crippen molar-refractivity contribution in [3.05, 3.63) is 164 Å². The third kappa shape index (κ3) is 4.00. The van der Waals surface area contributed by atoms with Gasteiger partial charge in [-0.15, -0.1) is 0 Å². The average molecular weight is 602 g/mol. The first-order chi connectivity index (χ1) is 23.3. The van der Waals surface area contributed by atoms with Crippen molar-refractivity contribution >= 4 is 82.5 Å². The predicted molar refractivity (Wildman–Crippen MR) is 196 cm³/mol. The number of para-hydroxylation sites is 2. The van der Waals surface area contributed by atoms with Crippen LogP contribution >= 0.6 is 0 Å². The number of benzene rings is 8. The number of furan rings is 2. The zero-order chi connectivity index (χ0) is 30.9. The van der Waals surface area contributed by atoms with Gasteiger partial charge < -0.3 is 13.7 Å².